The van der Waals surface area contributed by atoms with Gasteiger partial charge in [-0.05, 0) is 39.0 Å². The van der Waals surface area contributed by atoms with E-state index in [1.807, 2.05) is 27.7 Å². The molecule has 0 aliphatic carbocycles. The summed E-state index contributed by atoms with van der Waals surface area (Å²) in [7, 11) is 0. The van der Waals surface area contributed by atoms with Crippen LogP contribution in [0.25, 0.3) is 0 Å². The van der Waals surface area contributed by atoms with Crippen LogP contribution in [0.4, 0.5) is 4.79 Å². The molecule has 0 saturated heterocycles. The Morgan fingerprint density at radius 3 is 2.09 bits per heavy atom. The van der Waals surface area contributed by atoms with Crippen LogP contribution in [0, 0.1) is 11.8 Å². The van der Waals surface area contributed by atoms with Crippen molar-refractivity contribution in [1.29, 1.82) is 0 Å². The van der Waals surface area contributed by atoms with Gasteiger partial charge in [-0.2, -0.15) is 0 Å². The van der Waals surface area contributed by atoms with Crippen molar-refractivity contribution in [1.82, 2.24) is 10.6 Å². The second-order valence-electron chi connectivity index (χ2n) is 7.85. The molecule has 0 aromatic rings. The van der Waals surface area contributed by atoms with E-state index in [1.165, 1.54) is 0 Å². The first-order chi connectivity index (χ1) is 10.4. The first-order valence-electron chi connectivity index (χ1n) is 8.35. The molecule has 23 heavy (non-hydrogen) atoms. The van der Waals surface area contributed by atoms with E-state index in [-0.39, 0.29) is 24.3 Å². The predicted octanol–water partition coefficient (Wildman–Crippen LogP) is 2.45. The highest BCUT2D eigenvalue weighted by Gasteiger charge is 2.25. The molecule has 6 heteroatoms. The topological polar surface area (TPSA) is 87.7 Å². The fraction of sp³-hybridized carbons (Fsp3) is 0.882. The van der Waals surface area contributed by atoms with E-state index in [9.17, 15) is 14.7 Å². The van der Waals surface area contributed by atoms with Crippen LogP contribution in [0.3, 0.4) is 0 Å². The fourth-order valence-electron chi connectivity index (χ4n) is 2.08. The van der Waals surface area contributed by atoms with E-state index in [1.54, 1.807) is 20.8 Å². The molecule has 0 aromatic heterocycles. The third-order valence-corrected chi connectivity index (χ3v) is 2.99. The van der Waals surface area contributed by atoms with Crippen molar-refractivity contribution in [3.05, 3.63) is 0 Å². The molecule has 0 aliphatic rings. The Balaban J connectivity index is 4.57. The summed E-state index contributed by atoms with van der Waals surface area (Å²) < 4.78 is 5.23. The van der Waals surface area contributed by atoms with E-state index in [0.717, 1.165) is 0 Å². The van der Waals surface area contributed by atoms with Crippen molar-refractivity contribution >= 4 is 12.0 Å². The molecule has 3 N–H and O–H groups in total. The van der Waals surface area contributed by atoms with Gasteiger partial charge in [-0.1, -0.05) is 27.7 Å². The molecular weight excluding hydrogens is 296 g/mol. The van der Waals surface area contributed by atoms with Crippen molar-refractivity contribution in [3.8, 4) is 0 Å². The number of aliphatic hydroxyl groups is 1. The molecule has 2 unspecified atom stereocenters. The maximum Gasteiger partial charge on any atom is 0.407 e. The standard InChI is InChI=1S/C17H34N2O4/c1-11(2)8-13(19-16(22)23-17(5,6)7)14(20)10-18-15(21)9-12(3)4/h11-14,20H,8-10H2,1-7H3,(H,18,21)(H,19,22). The molecular formula is C17H34N2O4. The molecule has 2 atom stereocenters. The Morgan fingerprint density at radius 1 is 1.09 bits per heavy atom. The van der Waals surface area contributed by atoms with Gasteiger partial charge < -0.3 is 20.5 Å². The SMILES string of the molecule is CC(C)CC(=O)NCC(O)C(CC(C)C)NC(=O)OC(C)(C)C. The summed E-state index contributed by atoms with van der Waals surface area (Å²) >= 11 is 0. The highest BCUT2D eigenvalue weighted by molar-refractivity contribution is 5.76. The molecule has 0 bridgehead atoms. The molecule has 0 spiro atoms. The molecule has 0 saturated carbocycles. The normalized spacial score (nSPS) is 14.5. The minimum atomic E-state index is -0.860. The number of hydrogen-bond acceptors (Lipinski definition) is 4. The van der Waals surface area contributed by atoms with Crippen LogP contribution in [-0.2, 0) is 9.53 Å². The van der Waals surface area contributed by atoms with Crippen LogP contribution in [0.1, 0.15) is 61.3 Å². The molecule has 0 heterocycles. The first kappa shape index (κ1) is 21.7. The van der Waals surface area contributed by atoms with Gasteiger partial charge in [0.2, 0.25) is 5.91 Å². The van der Waals surface area contributed by atoms with Gasteiger partial charge in [0.25, 0.3) is 0 Å². The lowest BCUT2D eigenvalue weighted by atomic mass is 9.99. The van der Waals surface area contributed by atoms with Gasteiger partial charge in [0, 0.05) is 13.0 Å². The molecule has 136 valence electrons. The first-order valence-corrected chi connectivity index (χ1v) is 8.35. The number of aliphatic hydroxyl groups excluding tert-OH is 1. The lowest BCUT2D eigenvalue weighted by Gasteiger charge is -2.28. The minimum absolute atomic E-state index is 0.0976. The van der Waals surface area contributed by atoms with Gasteiger partial charge in [-0.3, -0.25) is 4.79 Å². The van der Waals surface area contributed by atoms with Crippen molar-refractivity contribution in [3.63, 3.8) is 0 Å². The van der Waals surface area contributed by atoms with Gasteiger partial charge in [0.15, 0.2) is 0 Å². The van der Waals surface area contributed by atoms with Crippen molar-refractivity contribution in [2.75, 3.05) is 6.54 Å². The number of alkyl carbamates (subject to hydrolysis) is 1. The van der Waals surface area contributed by atoms with E-state index in [2.05, 4.69) is 10.6 Å². The maximum absolute atomic E-state index is 11.9. The summed E-state index contributed by atoms with van der Waals surface area (Å²) in [5, 5.41) is 15.7. The van der Waals surface area contributed by atoms with Gasteiger partial charge in [-0.25, -0.2) is 4.79 Å². The minimum Gasteiger partial charge on any atom is -0.444 e. The van der Waals surface area contributed by atoms with Gasteiger partial charge in [0.1, 0.15) is 5.60 Å². The Morgan fingerprint density at radius 2 is 1.65 bits per heavy atom. The van der Waals surface area contributed by atoms with Crippen molar-refractivity contribution in [2.45, 2.75) is 79.1 Å². The summed E-state index contributed by atoms with van der Waals surface area (Å²) in [5.41, 5.74) is -0.594. The van der Waals surface area contributed by atoms with Crippen LogP contribution < -0.4 is 10.6 Å². The summed E-state index contributed by atoms with van der Waals surface area (Å²) in [4.78, 5) is 23.6. The Hall–Kier alpha value is -1.30. The molecule has 0 fully saturated rings. The second-order valence-corrected chi connectivity index (χ2v) is 7.85. The number of rotatable bonds is 8. The van der Waals surface area contributed by atoms with Gasteiger partial charge in [-0.15, -0.1) is 0 Å². The Labute approximate surface area is 140 Å². The fourth-order valence-corrected chi connectivity index (χ4v) is 2.08. The third kappa shape index (κ3) is 11.9. The second kappa shape index (κ2) is 9.75. The summed E-state index contributed by atoms with van der Waals surface area (Å²) in [5.74, 6) is 0.453. The van der Waals surface area contributed by atoms with Crippen LogP contribution in [0.5, 0.6) is 0 Å². The lowest BCUT2D eigenvalue weighted by molar-refractivity contribution is -0.122. The molecule has 0 radical (unpaired) electrons. The molecule has 0 aromatic carbocycles. The third-order valence-electron chi connectivity index (χ3n) is 2.99. The van der Waals surface area contributed by atoms with Crippen molar-refractivity contribution in [2.24, 2.45) is 11.8 Å². The highest BCUT2D eigenvalue weighted by atomic mass is 16.6. The van der Waals surface area contributed by atoms with Gasteiger partial charge in [0.05, 0.1) is 12.1 Å². The number of ether oxygens (including phenoxy) is 1. The largest absolute Gasteiger partial charge is 0.444 e. The summed E-state index contributed by atoms with van der Waals surface area (Å²) in [6.07, 6.45) is -0.404. The molecule has 6 nitrogen and oxygen atoms in total. The smallest absolute Gasteiger partial charge is 0.407 e. The quantitative estimate of drug-likeness (QED) is 0.638. The average molecular weight is 330 g/mol. The zero-order valence-electron chi connectivity index (χ0n) is 15.6. The number of amides is 2. The number of hydrogen-bond donors (Lipinski definition) is 3. The molecule has 0 rings (SSSR count). The van der Waals surface area contributed by atoms with E-state index >= 15 is 0 Å². The summed E-state index contributed by atoms with van der Waals surface area (Å²) in [6.45, 7) is 13.4. The zero-order chi connectivity index (χ0) is 18.2. The molecule has 0 aliphatic heterocycles. The van der Waals surface area contributed by atoms with Crippen LogP contribution in [0.15, 0.2) is 0 Å². The van der Waals surface area contributed by atoms with Crippen LogP contribution >= 0.6 is 0 Å². The predicted molar refractivity (Wildman–Crippen MR) is 91.1 cm³/mol. The number of nitrogens with one attached hydrogen (secondary N) is 2. The van der Waals surface area contributed by atoms with E-state index < -0.39 is 23.8 Å². The number of carbonyl (C=O) groups excluding carboxylic acids is 2. The highest BCUT2D eigenvalue weighted by Crippen LogP contribution is 2.11. The Bertz CT molecular complexity index is 375. The van der Waals surface area contributed by atoms with E-state index in [0.29, 0.717) is 12.8 Å². The lowest BCUT2D eigenvalue weighted by Crippen LogP contribution is -2.50. The Kier molecular flexibility index (Phi) is 9.20. The average Bonchev–Trinajstić information content (AvgIpc) is 2.31. The monoisotopic (exact) mass is 330 g/mol. The van der Waals surface area contributed by atoms with Crippen LogP contribution in [-0.4, -0.2) is 41.4 Å². The molecule has 2 amide bonds. The zero-order valence-corrected chi connectivity index (χ0v) is 15.6. The maximum atomic E-state index is 11.9. The number of carbonyl (C=O) groups is 2. The summed E-state index contributed by atoms with van der Waals surface area (Å²) in [6, 6.07) is -0.468. The van der Waals surface area contributed by atoms with E-state index in [4.69, 9.17) is 4.74 Å². The van der Waals surface area contributed by atoms with Crippen molar-refractivity contribution < 1.29 is 19.4 Å². The van der Waals surface area contributed by atoms with Gasteiger partial charge >= 0.3 is 6.09 Å². The van der Waals surface area contributed by atoms with Crippen LogP contribution in [0.2, 0.25) is 0 Å².